The van der Waals surface area contributed by atoms with Crippen LogP contribution in [0, 0.1) is 6.92 Å². The predicted molar refractivity (Wildman–Crippen MR) is 107 cm³/mol. The summed E-state index contributed by atoms with van der Waals surface area (Å²) in [7, 11) is 3.93. The normalized spacial score (nSPS) is 10.7. The number of amides is 1. The number of carbonyl (C=O) groups excluding carboxylic acids is 1. The summed E-state index contributed by atoms with van der Waals surface area (Å²) in [4.78, 5) is 21.3. The molecule has 3 aromatic rings. The van der Waals surface area contributed by atoms with Gasteiger partial charge in [-0.1, -0.05) is 6.07 Å². The van der Waals surface area contributed by atoms with Gasteiger partial charge in [0.1, 0.15) is 0 Å². The lowest BCUT2D eigenvalue weighted by molar-refractivity contribution is 0.0954. The summed E-state index contributed by atoms with van der Waals surface area (Å²) in [5.41, 5.74) is 2.76. The molecular weight excluding hydrogens is 350 g/mol. The van der Waals surface area contributed by atoms with Gasteiger partial charge >= 0.3 is 0 Å². The first-order valence-electron chi connectivity index (χ1n) is 8.10. The van der Waals surface area contributed by atoms with Gasteiger partial charge in [0.05, 0.1) is 15.6 Å². The van der Waals surface area contributed by atoms with Crippen LogP contribution in [-0.4, -0.2) is 31.5 Å². The molecule has 2 aromatic heterocycles. The molecule has 0 unspecified atom stereocenters. The van der Waals surface area contributed by atoms with Crippen LogP contribution in [0.3, 0.4) is 0 Å². The number of thiophene rings is 1. The van der Waals surface area contributed by atoms with E-state index in [9.17, 15) is 4.79 Å². The zero-order valence-electron chi connectivity index (χ0n) is 14.6. The summed E-state index contributed by atoms with van der Waals surface area (Å²) in [5, 5.41) is 6.17. The van der Waals surface area contributed by atoms with Crippen molar-refractivity contribution in [3.63, 3.8) is 0 Å². The molecule has 0 saturated carbocycles. The van der Waals surface area contributed by atoms with Gasteiger partial charge in [0.15, 0.2) is 0 Å². The van der Waals surface area contributed by atoms with Gasteiger partial charge in [-0.15, -0.1) is 22.7 Å². The van der Waals surface area contributed by atoms with Gasteiger partial charge < -0.3 is 10.2 Å². The van der Waals surface area contributed by atoms with Gasteiger partial charge in [0.2, 0.25) is 0 Å². The second kappa shape index (κ2) is 7.80. The van der Waals surface area contributed by atoms with E-state index in [4.69, 9.17) is 0 Å². The van der Waals surface area contributed by atoms with Crippen LogP contribution in [0.1, 0.15) is 20.2 Å². The number of benzene rings is 1. The molecule has 130 valence electrons. The van der Waals surface area contributed by atoms with E-state index in [1.54, 1.807) is 22.7 Å². The minimum absolute atomic E-state index is 0.0318. The Morgan fingerprint density at radius 3 is 2.80 bits per heavy atom. The number of nitrogens with one attached hydrogen (secondary N) is 1. The molecular formula is C19H21N3OS2. The number of carbonyl (C=O) groups is 1. The molecule has 0 bridgehead atoms. The molecule has 3 rings (SSSR count). The van der Waals surface area contributed by atoms with Crippen molar-refractivity contribution in [3.8, 4) is 10.6 Å². The Morgan fingerprint density at radius 2 is 2.08 bits per heavy atom. The van der Waals surface area contributed by atoms with Gasteiger partial charge in [-0.3, -0.25) is 4.79 Å². The molecule has 2 heterocycles. The van der Waals surface area contributed by atoms with Gasteiger partial charge in [-0.05, 0) is 43.7 Å². The van der Waals surface area contributed by atoms with E-state index in [0.717, 1.165) is 22.8 Å². The molecule has 0 radical (unpaired) electrons. The Bertz CT molecular complexity index is 867. The maximum atomic E-state index is 12.3. The molecule has 0 spiro atoms. The van der Waals surface area contributed by atoms with Gasteiger partial charge in [0.25, 0.3) is 5.91 Å². The predicted octanol–water partition coefficient (Wildman–Crippen LogP) is 4.22. The quantitative estimate of drug-likeness (QED) is 0.706. The molecule has 0 aliphatic heterocycles. The van der Waals surface area contributed by atoms with Crippen LogP contribution in [0.4, 0.5) is 5.69 Å². The van der Waals surface area contributed by atoms with Crippen LogP contribution >= 0.6 is 22.7 Å². The monoisotopic (exact) mass is 371 g/mol. The molecule has 0 aliphatic carbocycles. The van der Waals surface area contributed by atoms with E-state index in [2.05, 4.69) is 27.8 Å². The molecule has 0 atom stereocenters. The van der Waals surface area contributed by atoms with Gasteiger partial charge in [-0.2, -0.15) is 0 Å². The van der Waals surface area contributed by atoms with E-state index in [-0.39, 0.29) is 5.91 Å². The number of aromatic nitrogens is 1. The van der Waals surface area contributed by atoms with E-state index in [1.165, 1.54) is 9.75 Å². The lowest BCUT2D eigenvalue weighted by atomic mass is 10.2. The smallest absolute Gasteiger partial charge is 0.251 e. The van der Waals surface area contributed by atoms with Crippen molar-refractivity contribution < 1.29 is 4.79 Å². The lowest BCUT2D eigenvalue weighted by Crippen LogP contribution is -2.25. The summed E-state index contributed by atoms with van der Waals surface area (Å²) in [6.07, 6.45) is 0.826. The first-order chi connectivity index (χ1) is 12.0. The molecule has 1 amide bonds. The van der Waals surface area contributed by atoms with Crippen LogP contribution < -0.4 is 10.2 Å². The Hall–Kier alpha value is -2.18. The first kappa shape index (κ1) is 17.6. The maximum absolute atomic E-state index is 12.3. The molecule has 1 N–H and O–H groups in total. The molecule has 0 fully saturated rings. The first-order valence-corrected chi connectivity index (χ1v) is 9.79. The topological polar surface area (TPSA) is 45.2 Å². The third kappa shape index (κ3) is 4.46. The van der Waals surface area contributed by atoms with Crippen molar-refractivity contribution in [2.45, 2.75) is 13.3 Å². The van der Waals surface area contributed by atoms with Crippen molar-refractivity contribution in [1.82, 2.24) is 10.3 Å². The Morgan fingerprint density at radius 1 is 1.24 bits per heavy atom. The Kier molecular flexibility index (Phi) is 5.50. The summed E-state index contributed by atoms with van der Waals surface area (Å²) in [5.74, 6) is -0.0318. The second-order valence-electron chi connectivity index (χ2n) is 5.97. The van der Waals surface area contributed by atoms with Crippen LogP contribution in [0.15, 0.2) is 41.8 Å². The van der Waals surface area contributed by atoms with Crippen molar-refractivity contribution in [3.05, 3.63) is 57.2 Å². The summed E-state index contributed by atoms with van der Waals surface area (Å²) in [6, 6.07) is 11.9. The fourth-order valence-electron chi connectivity index (χ4n) is 2.45. The van der Waals surface area contributed by atoms with E-state index >= 15 is 0 Å². The molecule has 1 aromatic carbocycles. The Labute approximate surface area is 156 Å². The highest BCUT2D eigenvalue weighted by Gasteiger charge is 2.09. The number of aryl methyl sites for hydroxylation is 1. The highest BCUT2D eigenvalue weighted by molar-refractivity contribution is 7.16. The van der Waals surface area contributed by atoms with E-state index in [1.807, 2.05) is 50.2 Å². The summed E-state index contributed by atoms with van der Waals surface area (Å²) >= 11 is 3.41. The fourth-order valence-corrected chi connectivity index (χ4v) is 4.11. The van der Waals surface area contributed by atoms with Crippen molar-refractivity contribution in [2.75, 3.05) is 25.5 Å². The van der Waals surface area contributed by atoms with Crippen LogP contribution in [-0.2, 0) is 6.42 Å². The lowest BCUT2D eigenvalue weighted by Gasteiger charge is -2.13. The SMILES string of the molecule is Cc1nc(-c2ccc(CCNC(=O)c3cccc(N(C)C)c3)s2)cs1. The van der Waals surface area contributed by atoms with Crippen molar-refractivity contribution >= 4 is 34.3 Å². The van der Waals surface area contributed by atoms with Gasteiger partial charge in [-0.25, -0.2) is 4.98 Å². The average Bonchev–Trinajstić information content (AvgIpc) is 3.24. The average molecular weight is 372 g/mol. The van der Waals surface area contributed by atoms with Crippen molar-refractivity contribution in [1.29, 1.82) is 0 Å². The molecule has 6 heteroatoms. The number of hydrogen-bond donors (Lipinski definition) is 1. The summed E-state index contributed by atoms with van der Waals surface area (Å²) in [6.45, 7) is 2.64. The molecule has 0 aliphatic rings. The standard InChI is InChI=1S/C19H21N3OS2/c1-13-21-17(12-24-13)18-8-7-16(25-18)9-10-20-19(23)14-5-4-6-15(11-14)22(2)3/h4-8,11-12H,9-10H2,1-3H3,(H,20,23). The minimum atomic E-state index is -0.0318. The number of hydrogen-bond acceptors (Lipinski definition) is 5. The van der Waals surface area contributed by atoms with E-state index < -0.39 is 0 Å². The fraction of sp³-hybridized carbons (Fsp3) is 0.263. The number of nitrogens with zero attached hydrogens (tertiary/aromatic N) is 2. The van der Waals surface area contributed by atoms with E-state index in [0.29, 0.717) is 12.1 Å². The summed E-state index contributed by atoms with van der Waals surface area (Å²) < 4.78 is 0. The molecule has 0 saturated heterocycles. The second-order valence-corrected chi connectivity index (χ2v) is 8.20. The minimum Gasteiger partial charge on any atom is -0.378 e. The van der Waals surface area contributed by atoms with Crippen LogP contribution in [0.25, 0.3) is 10.6 Å². The largest absolute Gasteiger partial charge is 0.378 e. The highest BCUT2D eigenvalue weighted by atomic mass is 32.1. The number of thiazole rings is 1. The van der Waals surface area contributed by atoms with Crippen LogP contribution in [0.2, 0.25) is 0 Å². The zero-order chi connectivity index (χ0) is 17.8. The van der Waals surface area contributed by atoms with Gasteiger partial charge in [0, 0.05) is 42.1 Å². The maximum Gasteiger partial charge on any atom is 0.251 e. The Balaban J connectivity index is 1.55. The molecule has 4 nitrogen and oxygen atoms in total. The molecule has 25 heavy (non-hydrogen) atoms. The third-order valence-corrected chi connectivity index (χ3v) is 5.76. The number of anilines is 1. The third-order valence-electron chi connectivity index (χ3n) is 3.81. The number of rotatable bonds is 6. The van der Waals surface area contributed by atoms with Crippen molar-refractivity contribution in [2.24, 2.45) is 0 Å². The van der Waals surface area contributed by atoms with Crippen LogP contribution in [0.5, 0.6) is 0 Å². The highest BCUT2D eigenvalue weighted by Crippen LogP contribution is 2.29. The zero-order valence-corrected chi connectivity index (χ0v) is 16.2.